The van der Waals surface area contributed by atoms with Gasteiger partial charge in [-0.1, -0.05) is 35.6 Å². The molecule has 3 heterocycles. The molecule has 3 aromatic rings. The Morgan fingerprint density at radius 1 is 1.24 bits per heavy atom. The van der Waals surface area contributed by atoms with Crippen molar-refractivity contribution in [1.82, 2.24) is 20.0 Å². The van der Waals surface area contributed by atoms with Gasteiger partial charge in [-0.25, -0.2) is 4.68 Å². The van der Waals surface area contributed by atoms with Crippen molar-refractivity contribution in [2.75, 3.05) is 31.2 Å². The molecule has 0 spiro atoms. The summed E-state index contributed by atoms with van der Waals surface area (Å²) in [6.07, 6.45) is 6.17. The Morgan fingerprint density at radius 2 is 2.00 bits per heavy atom. The molecule has 11 heteroatoms. The zero-order valence-electron chi connectivity index (χ0n) is 23.7. The van der Waals surface area contributed by atoms with E-state index in [1.165, 1.54) is 0 Å². The van der Waals surface area contributed by atoms with E-state index in [0.29, 0.717) is 49.4 Å². The van der Waals surface area contributed by atoms with Gasteiger partial charge in [-0.2, -0.15) is 0 Å². The monoisotopic (exact) mass is 561 g/mol. The van der Waals surface area contributed by atoms with Gasteiger partial charge < -0.3 is 24.5 Å². The van der Waals surface area contributed by atoms with Gasteiger partial charge in [-0.05, 0) is 45.8 Å². The highest BCUT2D eigenvalue weighted by molar-refractivity contribution is 5.93. The molecule has 11 nitrogen and oxygen atoms in total. The Hall–Kier alpha value is -4.25. The molecule has 2 N–H and O–H groups in total. The summed E-state index contributed by atoms with van der Waals surface area (Å²) in [7, 11) is 0. The minimum absolute atomic E-state index is 0.0834. The van der Waals surface area contributed by atoms with Gasteiger partial charge in [0, 0.05) is 30.1 Å². The van der Waals surface area contributed by atoms with Crippen LogP contribution in [-0.2, 0) is 25.6 Å². The van der Waals surface area contributed by atoms with Gasteiger partial charge in [0.25, 0.3) is 0 Å². The van der Waals surface area contributed by atoms with E-state index in [9.17, 15) is 19.5 Å². The van der Waals surface area contributed by atoms with Gasteiger partial charge in [0.05, 0.1) is 36.9 Å². The Labute approximate surface area is 237 Å². The number of rotatable bonds is 7. The second-order valence-corrected chi connectivity index (χ2v) is 11.7. The minimum Gasteiger partial charge on any atom is -0.480 e. The lowest BCUT2D eigenvalue weighted by Gasteiger charge is -2.35. The lowest BCUT2D eigenvalue weighted by molar-refractivity contribution is -0.169. The van der Waals surface area contributed by atoms with E-state index in [1.807, 2.05) is 18.2 Å². The number of ether oxygens (including phenoxy) is 2. The first-order valence-electron chi connectivity index (χ1n) is 13.7. The van der Waals surface area contributed by atoms with Gasteiger partial charge in [0.15, 0.2) is 5.43 Å². The van der Waals surface area contributed by atoms with Crippen LogP contribution in [0.3, 0.4) is 0 Å². The fourth-order valence-electron chi connectivity index (χ4n) is 5.15. The summed E-state index contributed by atoms with van der Waals surface area (Å²) in [6.45, 7) is 9.69. The van der Waals surface area contributed by atoms with Crippen LogP contribution in [0.1, 0.15) is 34.1 Å². The smallest absolute Gasteiger partial charge is 0.317 e. The molecular weight excluding hydrogens is 526 g/mol. The average Bonchev–Trinajstić information content (AvgIpc) is 3.40. The molecule has 0 radical (unpaired) electrons. The highest BCUT2D eigenvalue weighted by Gasteiger charge is 2.46. The predicted molar refractivity (Wildman–Crippen MR) is 154 cm³/mol. The number of carbonyl (C=O) groups excluding carboxylic acids is 1. The average molecular weight is 562 g/mol. The Kier molecular flexibility index (Phi) is 7.56. The molecule has 5 rings (SSSR count). The summed E-state index contributed by atoms with van der Waals surface area (Å²) in [4.78, 5) is 43.5. The standard InChI is InChI=1S/C30H35N5O6/c1-19(41-28(39)29(2,3)4)30(27(37)38)10-6-7-20(16-30)17-35-18-23(32-33-35)21-8-5-9-22-24(36)15-25(31-26(21)22)34-11-13-40-14-12-34/h5-10,15,18-19H,11-14,16-17H2,1-4H3,(H,31,36)(H,37,38). The normalized spacial score (nSPS) is 20.1. The van der Waals surface area contributed by atoms with Crippen LogP contribution in [0.4, 0.5) is 5.82 Å². The first-order chi connectivity index (χ1) is 19.5. The molecule has 2 atom stereocenters. The number of pyridine rings is 1. The molecule has 2 aliphatic rings. The molecule has 1 saturated heterocycles. The van der Waals surface area contributed by atoms with Crippen LogP contribution in [-0.4, -0.2) is 69.4 Å². The Balaban J connectivity index is 1.39. The number of anilines is 1. The number of hydrogen-bond acceptors (Lipinski definition) is 8. The molecule has 0 amide bonds. The van der Waals surface area contributed by atoms with Crippen molar-refractivity contribution in [1.29, 1.82) is 0 Å². The molecule has 1 aliphatic carbocycles. The van der Waals surface area contributed by atoms with Crippen LogP contribution in [0.5, 0.6) is 0 Å². The maximum Gasteiger partial charge on any atom is 0.317 e. The van der Waals surface area contributed by atoms with E-state index in [2.05, 4.69) is 20.2 Å². The summed E-state index contributed by atoms with van der Waals surface area (Å²) in [6, 6.07) is 7.10. The number of carboxylic acids is 1. The first-order valence-corrected chi connectivity index (χ1v) is 13.7. The first kappa shape index (κ1) is 28.3. The summed E-state index contributed by atoms with van der Waals surface area (Å²) >= 11 is 0. The molecule has 216 valence electrons. The number of aliphatic carboxylic acids is 1. The number of aromatic amines is 1. The van der Waals surface area contributed by atoms with Crippen molar-refractivity contribution in [2.24, 2.45) is 10.8 Å². The van der Waals surface area contributed by atoms with Gasteiger partial charge in [0.1, 0.15) is 23.0 Å². The maximum absolute atomic E-state index is 13.0. The number of H-pyrrole nitrogens is 1. The van der Waals surface area contributed by atoms with E-state index in [-0.39, 0.29) is 11.8 Å². The molecule has 0 saturated carbocycles. The van der Waals surface area contributed by atoms with Gasteiger partial charge in [-0.15, -0.1) is 5.10 Å². The number of carboxylic acid groups (broad SMARTS) is 1. The molecule has 1 aliphatic heterocycles. The predicted octanol–water partition coefficient (Wildman–Crippen LogP) is 3.56. The zero-order chi connectivity index (χ0) is 29.4. The van der Waals surface area contributed by atoms with Crippen LogP contribution < -0.4 is 10.3 Å². The summed E-state index contributed by atoms with van der Waals surface area (Å²) < 4.78 is 12.7. The van der Waals surface area contributed by atoms with E-state index in [4.69, 9.17) is 9.47 Å². The third-order valence-corrected chi connectivity index (χ3v) is 7.65. The highest BCUT2D eigenvalue weighted by Crippen LogP contribution is 2.39. The van der Waals surface area contributed by atoms with E-state index in [0.717, 1.165) is 17.0 Å². The van der Waals surface area contributed by atoms with Crippen molar-refractivity contribution in [3.05, 3.63) is 64.5 Å². The molecule has 1 fully saturated rings. The lowest BCUT2D eigenvalue weighted by Crippen LogP contribution is -2.44. The van der Waals surface area contributed by atoms with Crippen LogP contribution in [0.15, 0.2) is 59.1 Å². The number of nitrogens with one attached hydrogen (secondary N) is 1. The molecule has 41 heavy (non-hydrogen) atoms. The summed E-state index contributed by atoms with van der Waals surface area (Å²) in [5, 5.41) is 19.4. The van der Waals surface area contributed by atoms with Crippen molar-refractivity contribution in [2.45, 2.75) is 46.8 Å². The van der Waals surface area contributed by atoms with Crippen molar-refractivity contribution < 1.29 is 24.2 Å². The third-order valence-electron chi connectivity index (χ3n) is 7.65. The maximum atomic E-state index is 13.0. The molecule has 0 bridgehead atoms. The number of allylic oxidation sites excluding steroid dienone is 3. The molecule has 2 unspecified atom stereocenters. The van der Waals surface area contributed by atoms with Crippen molar-refractivity contribution >= 4 is 28.7 Å². The van der Waals surface area contributed by atoms with Gasteiger partial charge in [0.2, 0.25) is 0 Å². The van der Waals surface area contributed by atoms with E-state index >= 15 is 0 Å². The molecule has 2 aromatic heterocycles. The van der Waals surface area contributed by atoms with Gasteiger partial charge in [-0.3, -0.25) is 14.4 Å². The highest BCUT2D eigenvalue weighted by atomic mass is 16.5. The largest absolute Gasteiger partial charge is 0.480 e. The fraction of sp³-hybridized carbons (Fsp3) is 0.433. The summed E-state index contributed by atoms with van der Waals surface area (Å²) in [5.74, 6) is -0.791. The Bertz CT molecular complexity index is 1590. The van der Waals surface area contributed by atoms with Crippen LogP contribution >= 0.6 is 0 Å². The van der Waals surface area contributed by atoms with Crippen LogP contribution in [0.2, 0.25) is 0 Å². The number of hydrogen-bond donors (Lipinski definition) is 2. The SMILES string of the molecule is CC(OC(=O)C(C)(C)C)C1(C(=O)O)C=CC=C(Cn2cc(-c3cccc4c(=O)cc(N5CCOCC5)[nH]c34)nn2)C1. The number of carbonyl (C=O) groups is 2. The number of morpholine rings is 1. The van der Waals surface area contributed by atoms with E-state index < -0.39 is 28.9 Å². The second-order valence-electron chi connectivity index (χ2n) is 11.7. The number of nitrogens with zero attached hydrogens (tertiary/aromatic N) is 4. The van der Waals surface area contributed by atoms with Gasteiger partial charge >= 0.3 is 11.9 Å². The second kappa shape index (κ2) is 11.0. The molecule has 1 aromatic carbocycles. The number of benzene rings is 1. The minimum atomic E-state index is -1.40. The third kappa shape index (κ3) is 5.67. The lowest BCUT2D eigenvalue weighted by atomic mass is 9.74. The number of aromatic nitrogens is 4. The quantitative estimate of drug-likeness (QED) is 0.415. The Morgan fingerprint density at radius 3 is 2.71 bits per heavy atom. The zero-order valence-corrected chi connectivity index (χ0v) is 23.7. The van der Waals surface area contributed by atoms with Crippen LogP contribution in [0.25, 0.3) is 22.2 Å². The number of fused-ring (bicyclic) bond motifs is 1. The van der Waals surface area contributed by atoms with Crippen molar-refractivity contribution in [3.63, 3.8) is 0 Å². The number of esters is 1. The topological polar surface area (TPSA) is 140 Å². The summed E-state index contributed by atoms with van der Waals surface area (Å²) in [5.41, 5.74) is 0.546. The number of para-hydroxylation sites is 1. The van der Waals surface area contributed by atoms with Crippen LogP contribution in [0, 0.1) is 10.8 Å². The molecular formula is C30H35N5O6. The van der Waals surface area contributed by atoms with Crippen molar-refractivity contribution in [3.8, 4) is 11.3 Å². The van der Waals surface area contributed by atoms with E-state index in [1.54, 1.807) is 62.9 Å². The fourth-order valence-corrected chi connectivity index (χ4v) is 5.15.